The Bertz CT molecular complexity index is 540. The Balaban J connectivity index is 1.52. The first-order chi connectivity index (χ1) is 10.8. The fourth-order valence-corrected chi connectivity index (χ4v) is 2.01. The van der Waals surface area contributed by atoms with Crippen LogP contribution in [0.2, 0.25) is 0 Å². The van der Waals surface area contributed by atoms with Gasteiger partial charge in [0, 0.05) is 4.47 Å². The number of halogens is 1. The number of benzene rings is 2. The average Bonchev–Trinajstić information content (AvgIpc) is 2.56. The van der Waals surface area contributed by atoms with Crippen LogP contribution in [0.3, 0.4) is 0 Å². The first-order valence-electron chi connectivity index (χ1n) is 7.01. The van der Waals surface area contributed by atoms with Crippen LogP contribution in [-0.2, 0) is 4.74 Å². The molecule has 0 saturated heterocycles. The molecule has 0 aromatic heterocycles. The Morgan fingerprint density at radius 3 is 1.64 bits per heavy atom. The fourth-order valence-electron chi connectivity index (χ4n) is 1.74. The summed E-state index contributed by atoms with van der Waals surface area (Å²) in [5, 5.41) is 0. The molecule has 0 fully saturated rings. The van der Waals surface area contributed by atoms with Crippen molar-refractivity contribution in [3.8, 4) is 17.2 Å². The summed E-state index contributed by atoms with van der Waals surface area (Å²) in [5.41, 5.74) is 0. The molecule has 0 saturated carbocycles. The van der Waals surface area contributed by atoms with Crippen molar-refractivity contribution >= 4 is 15.9 Å². The van der Waals surface area contributed by atoms with Crippen molar-refractivity contribution in [2.75, 3.05) is 33.5 Å². The highest BCUT2D eigenvalue weighted by Crippen LogP contribution is 2.17. The van der Waals surface area contributed by atoms with Gasteiger partial charge in [-0.3, -0.25) is 0 Å². The van der Waals surface area contributed by atoms with Gasteiger partial charge in [-0.05, 0) is 48.5 Å². The van der Waals surface area contributed by atoms with Crippen molar-refractivity contribution in [3.63, 3.8) is 0 Å². The molecule has 0 amide bonds. The van der Waals surface area contributed by atoms with Gasteiger partial charge in [-0.2, -0.15) is 0 Å². The smallest absolute Gasteiger partial charge is 0.119 e. The Labute approximate surface area is 139 Å². The molecule has 0 aliphatic heterocycles. The standard InChI is InChI=1S/C17H19BrO4/c1-19-15-6-8-17(9-7-15)22-13-11-20-10-12-21-16-4-2-14(18)3-5-16/h2-9H,10-13H2,1H3. The van der Waals surface area contributed by atoms with Crippen molar-refractivity contribution in [3.05, 3.63) is 53.0 Å². The maximum absolute atomic E-state index is 5.56. The maximum atomic E-state index is 5.56. The summed E-state index contributed by atoms with van der Waals surface area (Å²) in [6.45, 7) is 2.08. The molecule has 4 nitrogen and oxygen atoms in total. The summed E-state index contributed by atoms with van der Waals surface area (Å²) in [6, 6.07) is 15.2. The van der Waals surface area contributed by atoms with Gasteiger partial charge in [0.25, 0.3) is 0 Å². The van der Waals surface area contributed by atoms with Gasteiger partial charge in [0.15, 0.2) is 0 Å². The predicted molar refractivity (Wildman–Crippen MR) is 88.9 cm³/mol. The van der Waals surface area contributed by atoms with Crippen LogP contribution >= 0.6 is 15.9 Å². The Morgan fingerprint density at radius 2 is 1.14 bits per heavy atom. The second kappa shape index (κ2) is 9.33. The molecule has 2 aromatic rings. The lowest BCUT2D eigenvalue weighted by Crippen LogP contribution is -2.12. The summed E-state index contributed by atoms with van der Waals surface area (Å²) in [6.07, 6.45) is 0. The Morgan fingerprint density at radius 1 is 0.682 bits per heavy atom. The van der Waals surface area contributed by atoms with Crippen LogP contribution in [0.4, 0.5) is 0 Å². The van der Waals surface area contributed by atoms with Crippen molar-refractivity contribution in [1.82, 2.24) is 0 Å². The normalized spacial score (nSPS) is 10.3. The third-order valence-electron chi connectivity index (χ3n) is 2.87. The van der Waals surface area contributed by atoms with Crippen molar-refractivity contribution in [2.45, 2.75) is 0 Å². The second-order valence-electron chi connectivity index (χ2n) is 4.44. The summed E-state index contributed by atoms with van der Waals surface area (Å²) in [5.74, 6) is 2.45. The minimum atomic E-state index is 0.505. The lowest BCUT2D eigenvalue weighted by molar-refractivity contribution is 0.0764. The van der Waals surface area contributed by atoms with Crippen LogP contribution in [0.1, 0.15) is 0 Å². The van der Waals surface area contributed by atoms with Crippen LogP contribution < -0.4 is 14.2 Å². The van der Waals surface area contributed by atoms with Crippen LogP contribution in [0.15, 0.2) is 53.0 Å². The van der Waals surface area contributed by atoms with Gasteiger partial charge in [-0.25, -0.2) is 0 Å². The molecule has 118 valence electrons. The quantitative estimate of drug-likeness (QED) is 0.630. The van der Waals surface area contributed by atoms with E-state index < -0.39 is 0 Å². The molecule has 0 N–H and O–H groups in total. The summed E-state index contributed by atoms with van der Waals surface area (Å²) < 4.78 is 22.7. The van der Waals surface area contributed by atoms with E-state index in [-0.39, 0.29) is 0 Å². The van der Waals surface area contributed by atoms with Crippen LogP contribution in [0.25, 0.3) is 0 Å². The molecule has 5 heteroatoms. The SMILES string of the molecule is COc1ccc(OCCOCCOc2ccc(Br)cc2)cc1. The molecule has 0 atom stereocenters. The molecule has 22 heavy (non-hydrogen) atoms. The van der Waals surface area contributed by atoms with Crippen molar-refractivity contribution in [1.29, 1.82) is 0 Å². The highest BCUT2D eigenvalue weighted by atomic mass is 79.9. The zero-order valence-electron chi connectivity index (χ0n) is 12.5. The zero-order valence-corrected chi connectivity index (χ0v) is 14.0. The van der Waals surface area contributed by atoms with Gasteiger partial charge in [-0.15, -0.1) is 0 Å². The number of hydrogen-bond acceptors (Lipinski definition) is 4. The van der Waals surface area contributed by atoms with Gasteiger partial charge in [0.05, 0.1) is 20.3 Å². The van der Waals surface area contributed by atoms with E-state index in [2.05, 4.69) is 15.9 Å². The third kappa shape index (κ3) is 5.95. The maximum Gasteiger partial charge on any atom is 0.119 e. The molecule has 0 aliphatic rings. The minimum Gasteiger partial charge on any atom is -0.497 e. The van der Waals surface area contributed by atoms with Gasteiger partial charge in [-0.1, -0.05) is 15.9 Å². The van der Waals surface area contributed by atoms with Crippen LogP contribution in [-0.4, -0.2) is 33.5 Å². The van der Waals surface area contributed by atoms with E-state index >= 15 is 0 Å². The lowest BCUT2D eigenvalue weighted by Gasteiger charge is -2.09. The molecule has 2 aromatic carbocycles. The molecule has 0 heterocycles. The topological polar surface area (TPSA) is 36.9 Å². The van der Waals surface area contributed by atoms with E-state index in [1.807, 2.05) is 48.5 Å². The fraction of sp³-hybridized carbons (Fsp3) is 0.294. The summed E-state index contributed by atoms with van der Waals surface area (Å²) in [4.78, 5) is 0. The lowest BCUT2D eigenvalue weighted by atomic mass is 10.3. The van der Waals surface area contributed by atoms with Crippen molar-refractivity contribution in [2.24, 2.45) is 0 Å². The van der Waals surface area contributed by atoms with Crippen LogP contribution in [0.5, 0.6) is 17.2 Å². The van der Waals surface area contributed by atoms with E-state index in [0.29, 0.717) is 26.4 Å². The molecule has 0 aliphatic carbocycles. The van der Waals surface area contributed by atoms with E-state index in [0.717, 1.165) is 21.7 Å². The van der Waals surface area contributed by atoms with E-state index in [9.17, 15) is 0 Å². The Kier molecular flexibility index (Phi) is 7.06. The highest BCUT2D eigenvalue weighted by molar-refractivity contribution is 9.10. The molecular formula is C17H19BrO4. The first kappa shape index (κ1) is 16.6. The van der Waals surface area contributed by atoms with Gasteiger partial charge >= 0.3 is 0 Å². The number of rotatable bonds is 9. The number of methoxy groups -OCH3 is 1. The van der Waals surface area contributed by atoms with Crippen LogP contribution in [0, 0.1) is 0 Å². The second-order valence-corrected chi connectivity index (χ2v) is 5.35. The highest BCUT2D eigenvalue weighted by Gasteiger charge is 1.96. The van der Waals surface area contributed by atoms with Gasteiger partial charge < -0.3 is 18.9 Å². The molecular weight excluding hydrogens is 348 g/mol. The predicted octanol–water partition coefficient (Wildman–Crippen LogP) is 3.93. The first-order valence-corrected chi connectivity index (χ1v) is 7.80. The van der Waals surface area contributed by atoms with Gasteiger partial charge in [0.2, 0.25) is 0 Å². The number of ether oxygens (including phenoxy) is 4. The van der Waals surface area contributed by atoms with Crippen molar-refractivity contribution < 1.29 is 18.9 Å². The molecule has 0 unspecified atom stereocenters. The van der Waals surface area contributed by atoms with E-state index in [4.69, 9.17) is 18.9 Å². The minimum absolute atomic E-state index is 0.505. The van der Waals surface area contributed by atoms with Gasteiger partial charge in [0.1, 0.15) is 30.5 Å². The Hall–Kier alpha value is -1.72. The summed E-state index contributed by atoms with van der Waals surface area (Å²) >= 11 is 3.38. The zero-order chi connectivity index (χ0) is 15.6. The average molecular weight is 367 g/mol. The number of hydrogen-bond donors (Lipinski definition) is 0. The molecule has 2 rings (SSSR count). The molecule has 0 bridgehead atoms. The van der Waals surface area contributed by atoms with E-state index in [1.165, 1.54) is 0 Å². The molecule has 0 spiro atoms. The molecule has 0 radical (unpaired) electrons. The third-order valence-corrected chi connectivity index (χ3v) is 3.39. The largest absolute Gasteiger partial charge is 0.497 e. The van der Waals surface area contributed by atoms with E-state index in [1.54, 1.807) is 7.11 Å². The monoisotopic (exact) mass is 366 g/mol. The summed E-state index contributed by atoms with van der Waals surface area (Å²) in [7, 11) is 1.64.